The molecule has 296 valence electrons. The Bertz CT molecular complexity index is 2280. The summed E-state index contributed by atoms with van der Waals surface area (Å²) in [7, 11) is 0. The molecule has 0 N–H and O–H groups in total. The van der Waals surface area contributed by atoms with Crippen LogP contribution in [-0.2, 0) is 0 Å². The Kier molecular flexibility index (Phi) is 9.32. The second kappa shape index (κ2) is 13.3. The fraction of sp³-hybridized carbons (Fsp3) is 0. The highest BCUT2D eigenvalue weighted by Gasteiger charge is 3.03. The van der Waals surface area contributed by atoms with Gasteiger partial charge >= 0.3 is 83.3 Å². The average Bonchev–Trinajstić information content (AvgIpc) is 3.86. The summed E-state index contributed by atoms with van der Waals surface area (Å²) in [4.78, 5) is 121. The molecule has 0 spiro atoms. The number of aromatic nitrogens is 8. The molecular formula is C12AlN20O24-. The minimum Gasteiger partial charge on any atom is -0.358 e. The van der Waals surface area contributed by atoms with Crippen molar-refractivity contribution < 1.29 is 59.1 Å². The molecule has 0 fully saturated rings. The minimum atomic E-state index is -8.64. The molecule has 57 heavy (non-hydrogen) atoms. The highest BCUT2D eigenvalue weighted by atomic mass is 27.3. The first kappa shape index (κ1) is 40.0. The van der Waals surface area contributed by atoms with Gasteiger partial charge in [-0.2, -0.15) is 0 Å². The Labute approximate surface area is 299 Å². The smallest absolute Gasteiger partial charge is 0.358 e. The molecule has 0 radical (unpaired) electrons. The topological polar surface area (TPSA) is 589 Å². The standard InChI is InChI=1S/4C3N5O6.Al/c4*9-6(10)1-2(7(11)12)4-5-3(1)8(13)14;/q4*-1;+3. The SMILES string of the molecule is O=[N+]([O-])c1n[n]([Al-]([n]2nc([N+](=O)[O-])c([N+](=O)[O-])c2[N+](=O)[O-])([n]2nc([N+](=O)[O-])c([N+](=O)[O-])c2[N+](=O)[O-])[n]2nc([N+](=O)[O-])c([N+](=O)[O-])c2[N+](=O)[O-])c([N+](=O)[O-])c1[N+](=O)[O-]. The van der Waals surface area contributed by atoms with Gasteiger partial charge in [-0.15, -0.1) is 14.7 Å². The minimum absolute atomic E-state index is 1.27. The Hall–Kier alpha value is -9.83. The summed E-state index contributed by atoms with van der Waals surface area (Å²) in [6.45, 7) is 0. The van der Waals surface area contributed by atoms with Crippen LogP contribution in [0.25, 0.3) is 0 Å². The zero-order valence-electron chi connectivity index (χ0n) is 25.3. The molecule has 0 aliphatic carbocycles. The monoisotopic (exact) mass is 835 g/mol. The molecule has 4 aromatic heterocycles. The van der Waals surface area contributed by atoms with Crippen molar-refractivity contribution >= 4 is 83.3 Å². The van der Waals surface area contributed by atoms with Gasteiger partial charge in [0.1, 0.15) is 0 Å². The number of rotatable bonds is 16. The summed E-state index contributed by atoms with van der Waals surface area (Å²) in [5, 5.41) is 158. The first-order chi connectivity index (χ1) is 26.3. The van der Waals surface area contributed by atoms with E-state index in [1.165, 1.54) is 0 Å². The van der Waals surface area contributed by atoms with Crippen LogP contribution in [0.4, 0.5) is 69.3 Å². The molecule has 0 atom stereocenters. The lowest BCUT2D eigenvalue weighted by atomic mass is 10.5. The van der Waals surface area contributed by atoms with Crippen molar-refractivity contribution in [2.45, 2.75) is 0 Å². The molecule has 44 nitrogen and oxygen atoms in total. The van der Waals surface area contributed by atoms with Crippen LogP contribution in [-0.4, -0.2) is 108 Å². The van der Waals surface area contributed by atoms with Crippen LogP contribution >= 0.6 is 0 Å². The van der Waals surface area contributed by atoms with Gasteiger partial charge in [0.05, 0.1) is 40.1 Å². The van der Waals surface area contributed by atoms with Gasteiger partial charge in [0.2, 0.25) is 0 Å². The van der Waals surface area contributed by atoms with Crippen molar-refractivity contribution in [3.8, 4) is 0 Å². The Morgan fingerprint density at radius 3 is 0.544 bits per heavy atom. The van der Waals surface area contributed by atoms with Crippen molar-refractivity contribution in [1.29, 1.82) is 0 Å². The van der Waals surface area contributed by atoms with E-state index in [-0.39, 0.29) is 0 Å². The fourth-order valence-electron chi connectivity index (χ4n) is 5.03. The molecule has 0 aliphatic heterocycles. The van der Waals surface area contributed by atoms with E-state index in [0.29, 0.717) is 0 Å². The molecule has 4 heterocycles. The molecule has 0 amide bonds. The van der Waals surface area contributed by atoms with Crippen LogP contribution in [0.5, 0.6) is 0 Å². The summed E-state index contributed by atoms with van der Waals surface area (Å²) < 4.78 is -5.06. The van der Waals surface area contributed by atoms with Gasteiger partial charge in [-0.1, -0.05) is 0 Å². The molecule has 0 aromatic carbocycles. The Morgan fingerprint density at radius 1 is 0.281 bits per heavy atom. The van der Waals surface area contributed by atoms with Crippen molar-refractivity contribution in [3.05, 3.63) is 121 Å². The van der Waals surface area contributed by atoms with Crippen LogP contribution < -0.4 is 0 Å². The number of nitrogens with zero attached hydrogens (tertiary/aromatic N) is 20. The number of hydrogen-bond donors (Lipinski definition) is 0. The van der Waals surface area contributed by atoms with E-state index in [1.807, 2.05) is 0 Å². The third-order valence-electron chi connectivity index (χ3n) is 6.80. The van der Waals surface area contributed by atoms with Gasteiger partial charge in [-0.05, 0) is 39.4 Å². The van der Waals surface area contributed by atoms with E-state index in [4.69, 9.17) is 0 Å². The molecular weight excluding hydrogens is 835 g/mol. The Balaban J connectivity index is 2.82. The summed E-state index contributed by atoms with van der Waals surface area (Å²) in [6, 6.07) is 0. The van der Waals surface area contributed by atoms with E-state index < -0.39 is 157 Å². The van der Waals surface area contributed by atoms with Crippen LogP contribution in [0.2, 0.25) is 0 Å². The van der Waals surface area contributed by atoms with Gasteiger partial charge in [0, 0.05) is 0 Å². The summed E-state index contributed by atoms with van der Waals surface area (Å²) in [5.74, 6) is -21.4. The normalized spacial score (nSPS) is 11.1. The highest BCUT2D eigenvalue weighted by Crippen LogP contribution is 2.48. The van der Waals surface area contributed by atoms with Crippen LogP contribution in [0.15, 0.2) is 0 Å². The van der Waals surface area contributed by atoms with Crippen molar-refractivity contribution in [2.75, 3.05) is 0 Å². The molecule has 0 unspecified atom stereocenters. The Morgan fingerprint density at radius 2 is 0.439 bits per heavy atom. The maximum atomic E-state index is 12.6. The van der Waals surface area contributed by atoms with E-state index >= 15 is 0 Å². The zero-order chi connectivity index (χ0) is 43.5. The third-order valence-corrected chi connectivity index (χ3v) is 10.9. The summed E-state index contributed by atoms with van der Waals surface area (Å²) in [6.07, 6.45) is 0. The predicted molar refractivity (Wildman–Crippen MR) is 156 cm³/mol. The lowest BCUT2D eigenvalue weighted by Gasteiger charge is -2.10. The molecule has 4 rings (SSSR count). The van der Waals surface area contributed by atoms with Crippen LogP contribution in [0.1, 0.15) is 0 Å². The molecule has 4 aromatic rings. The van der Waals surface area contributed by atoms with E-state index in [0.717, 1.165) is 0 Å². The van der Waals surface area contributed by atoms with Crippen molar-refractivity contribution in [1.82, 2.24) is 35.1 Å². The first-order valence-electron chi connectivity index (χ1n) is 12.7. The van der Waals surface area contributed by atoms with Gasteiger partial charge in [0.15, 0.2) is 0 Å². The molecule has 0 saturated carbocycles. The van der Waals surface area contributed by atoms with Gasteiger partial charge in [-0.25, -0.2) is 0 Å². The molecule has 45 heteroatoms. The fourth-order valence-corrected chi connectivity index (χ4v) is 9.51. The third kappa shape index (κ3) is 5.66. The molecule has 0 saturated heterocycles. The maximum Gasteiger partial charge on any atom is 1.42 e. The van der Waals surface area contributed by atoms with E-state index in [2.05, 4.69) is 20.4 Å². The van der Waals surface area contributed by atoms with Crippen LogP contribution in [0.3, 0.4) is 0 Å². The van der Waals surface area contributed by atoms with Gasteiger partial charge < -0.3 is 80.9 Å². The maximum absolute atomic E-state index is 12.6. The average molecular weight is 835 g/mol. The van der Waals surface area contributed by atoms with E-state index in [9.17, 15) is 121 Å². The lowest BCUT2D eigenvalue weighted by molar-refractivity contribution is -0.442. The first-order valence-corrected chi connectivity index (χ1v) is 14.8. The predicted octanol–water partition coefficient (Wildman–Crippen LogP) is -0.700. The molecule has 0 bridgehead atoms. The van der Waals surface area contributed by atoms with E-state index in [1.54, 1.807) is 0 Å². The second-order valence-electron chi connectivity index (χ2n) is 9.54. The molecule has 0 aliphatic rings. The van der Waals surface area contributed by atoms with Gasteiger partial charge in [-0.3, -0.25) is 40.5 Å². The number of hydrogen-bond acceptors (Lipinski definition) is 28. The zero-order valence-corrected chi connectivity index (χ0v) is 26.5. The lowest BCUT2D eigenvalue weighted by Crippen LogP contribution is -2.66. The second-order valence-corrected chi connectivity index (χ2v) is 12.9. The van der Waals surface area contributed by atoms with Crippen LogP contribution in [0, 0.1) is 121 Å². The van der Waals surface area contributed by atoms with Gasteiger partial charge in [0.25, 0.3) is 0 Å². The quantitative estimate of drug-likeness (QED) is 0.0764. The largest absolute Gasteiger partial charge is 1.42 e. The summed E-state index contributed by atoms with van der Waals surface area (Å²) in [5.41, 5.74) is -10.5. The summed E-state index contributed by atoms with van der Waals surface area (Å²) >= 11 is -8.64. The van der Waals surface area contributed by atoms with Crippen molar-refractivity contribution in [3.63, 3.8) is 0 Å². The van der Waals surface area contributed by atoms with Crippen molar-refractivity contribution in [2.24, 2.45) is 0 Å². The number of nitro groups is 12. The highest BCUT2D eigenvalue weighted by molar-refractivity contribution is 6.74.